The molecule has 0 aliphatic rings. The van der Waals surface area contributed by atoms with E-state index in [1.165, 1.54) is 5.56 Å². The number of nitrogens with one attached hydrogen (secondary N) is 1. The van der Waals surface area contributed by atoms with Crippen molar-refractivity contribution in [2.75, 3.05) is 32.8 Å². The van der Waals surface area contributed by atoms with E-state index in [4.69, 9.17) is 9.47 Å². The highest BCUT2D eigenvalue weighted by Gasteiger charge is 2.12. The average molecular weight is 255 g/mol. The van der Waals surface area contributed by atoms with E-state index in [0.29, 0.717) is 6.04 Å². The second-order valence-corrected chi connectivity index (χ2v) is 4.93. The highest BCUT2D eigenvalue weighted by Crippen LogP contribution is 2.30. The molecule has 0 spiro atoms. The molecule has 0 fully saturated rings. The van der Waals surface area contributed by atoms with Crippen LogP contribution in [0.2, 0.25) is 0 Å². The summed E-state index contributed by atoms with van der Waals surface area (Å²) < 4.78 is 10.6. The molecule has 1 unspecified atom stereocenters. The standard InChI is InChI=1S/C13H21NO2S/c1-5-17-9-11(14-2)10-6-7-12(15-3)13(8-10)16-4/h6-8,11,14H,5,9H2,1-4H3. The van der Waals surface area contributed by atoms with Crippen LogP contribution >= 0.6 is 11.8 Å². The molecule has 17 heavy (non-hydrogen) atoms. The summed E-state index contributed by atoms with van der Waals surface area (Å²) in [5, 5.41) is 3.32. The van der Waals surface area contributed by atoms with Gasteiger partial charge >= 0.3 is 0 Å². The minimum atomic E-state index is 0.347. The molecule has 1 rings (SSSR count). The Kier molecular flexibility index (Phi) is 6.22. The van der Waals surface area contributed by atoms with Gasteiger partial charge in [-0.25, -0.2) is 0 Å². The first-order valence-corrected chi connectivity index (χ1v) is 6.89. The molecule has 0 aliphatic carbocycles. The minimum Gasteiger partial charge on any atom is -0.493 e. The van der Waals surface area contributed by atoms with Crippen LogP contribution in [0, 0.1) is 0 Å². The first kappa shape index (κ1) is 14.2. The molecule has 1 N–H and O–H groups in total. The number of rotatable bonds is 7. The van der Waals surface area contributed by atoms with Crippen molar-refractivity contribution in [3.63, 3.8) is 0 Å². The van der Waals surface area contributed by atoms with E-state index < -0.39 is 0 Å². The van der Waals surface area contributed by atoms with Crippen molar-refractivity contribution in [3.8, 4) is 11.5 Å². The lowest BCUT2D eigenvalue weighted by Gasteiger charge is -2.17. The summed E-state index contributed by atoms with van der Waals surface area (Å²) in [6.45, 7) is 2.17. The van der Waals surface area contributed by atoms with Gasteiger partial charge in [-0.3, -0.25) is 0 Å². The van der Waals surface area contributed by atoms with Gasteiger partial charge in [0.05, 0.1) is 14.2 Å². The Labute approximate surface area is 108 Å². The molecule has 1 aromatic rings. The van der Waals surface area contributed by atoms with Gasteiger partial charge in [-0.1, -0.05) is 13.0 Å². The third kappa shape index (κ3) is 3.82. The van der Waals surface area contributed by atoms with Crippen LogP contribution in [0.25, 0.3) is 0 Å². The predicted molar refractivity (Wildman–Crippen MR) is 74.3 cm³/mol. The van der Waals surface area contributed by atoms with Crippen molar-refractivity contribution < 1.29 is 9.47 Å². The zero-order valence-corrected chi connectivity index (χ0v) is 11.8. The van der Waals surface area contributed by atoms with E-state index in [2.05, 4.69) is 18.3 Å². The number of benzene rings is 1. The molecule has 0 bridgehead atoms. The Morgan fingerprint density at radius 1 is 1.24 bits per heavy atom. The first-order valence-electron chi connectivity index (χ1n) is 5.73. The van der Waals surface area contributed by atoms with Crippen molar-refractivity contribution in [2.24, 2.45) is 0 Å². The predicted octanol–water partition coefficient (Wildman–Crippen LogP) is 2.72. The fourth-order valence-corrected chi connectivity index (χ4v) is 2.48. The monoisotopic (exact) mass is 255 g/mol. The number of ether oxygens (including phenoxy) is 2. The van der Waals surface area contributed by atoms with Gasteiger partial charge in [-0.05, 0) is 30.5 Å². The SMILES string of the molecule is CCSCC(NC)c1ccc(OC)c(OC)c1. The lowest BCUT2D eigenvalue weighted by atomic mass is 10.1. The molecule has 4 heteroatoms. The van der Waals surface area contributed by atoms with E-state index in [1.807, 2.05) is 30.9 Å². The average Bonchev–Trinajstić information content (AvgIpc) is 2.39. The van der Waals surface area contributed by atoms with Crippen LogP contribution in [0.1, 0.15) is 18.5 Å². The molecule has 0 saturated heterocycles. The second-order valence-electron chi connectivity index (χ2n) is 3.62. The number of thioether (sulfide) groups is 1. The van der Waals surface area contributed by atoms with Crippen molar-refractivity contribution in [2.45, 2.75) is 13.0 Å². The summed E-state index contributed by atoms with van der Waals surface area (Å²) in [5.41, 5.74) is 1.23. The lowest BCUT2D eigenvalue weighted by Crippen LogP contribution is -2.18. The Balaban J connectivity index is 2.88. The third-order valence-electron chi connectivity index (χ3n) is 2.65. The van der Waals surface area contributed by atoms with E-state index >= 15 is 0 Å². The van der Waals surface area contributed by atoms with Gasteiger partial charge < -0.3 is 14.8 Å². The van der Waals surface area contributed by atoms with Crippen LogP contribution in [-0.4, -0.2) is 32.8 Å². The van der Waals surface area contributed by atoms with E-state index in [1.54, 1.807) is 14.2 Å². The summed E-state index contributed by atoms with van der Waals surface area (Å²) >= 11 is 1.92. The van der Waals surface area contributed by atoms with Gasteiger partial charge in [0, 0.05) is 11.8 Å². The number of hydrogen-bond acceptors (Lipinski definition) is 4. The van der Waals surface area contributed by atoms with Crippen molar-refractivity contribution in [3.05, 3.63) is 23.8 Å². The molecule has 0 heterocycles. The summed E-state index contributed by atoms with van der Waals surface area (Å²) in [4.78, 5) is 0. The molecule has 0 aromatic heterocycles. The van der Waals surface area contributed by atoms with Gasteiger partial charge in [0.15, 0.2) is 11.5 Å². The molecule has 0 saturated carbocycles. The maximum Gasteiger partial charge on any atom is 0.161 e. The van der Waals surface area contributed by atoms with Crippen LogP contribution in [-0.2, 0) is 0 Å². The smallest absolute Gasteiger partial charge is 0.161 e. The van der Waals surface area contributed by atoms with E-state index in [0.717, 1.165) is 23.0 Å². The Morgan fingerprint density at radius 3 is 2.47 bits per heavy atom. The summed E-state index contributed by atoms with van der Waals surface area (Å²) in [5.74, 6) is 3.74. The van der Waals surface area contributed by atoms with Gasteiger partial charge in [0.25, 0.3) is 0 Å². The topological polar surface area (TPSA) is 30.5 Å². The quantitative estimate of drug-likeness (QED) is 0.811. The number of methoxy groups -OCH3 is 2. The van der Waals surface area contributed by atoms with Crippen LogP contribution in [0.5, 0.6) is 11.5 Å². The zero-order valence-electron chi connectivity index (χ0n) is 10.9. The molecule has 0 amide bonds. The van der Waals surface area contributed by atoms with E-state index in [-0.39, 0.29) is 0 Å². The van der Waals surface area contributed by atoms with E-state index in [9.17, 15) is 0 Å². The molecule has 0 radical (unpaired) electrons. The van der Waals surface area contributed by atoms with Crippen LogP contribution in [0.4, 0.5) is 0 Å². The molecule has 1 aromatic carbocycles. The Hall–Kier alpha value is -0.870. The first-order chi connectivity index (χ1) is 8.26. The summed E-state index contributed by atoms with van der Waals surface area (Å²) in [6, 6.07) is 6.42. The highest BCUT2D eigenvalue weighted by molar-refractivity contribution is 7.99. The van der Waals surface area contributed by atoms with Crippen LogP contribution in [0.3, 0.4) is 0 Å². The largest absolute Gasteiger partial charge is 0.493 e. The van der Waals surface area contributed by atoms with Gasteiger partial charge in [0.2, 0.25) is 0 Å². The van der Waals surface area contributed by atoms with Gasteiger partial charge in [-0.15, -0.1) is 0 Å². The maximum absolute atomic E-state index is 5.32. The van der Waals surface area contributed by atoms with Crippen molar-refractivity contribution in [1.82, 2.24) is 5.32 Å². The third-order valence-corrected chi connectivity index (χ3v) is 3.62. The summed E-state index contributed by atoms with van der Waals surface area (Å²) in [6.07, 6.45) is 0. The van der Waals surface area contributed by atoms with Crippen molar-refractivity contribution in [1.29, 1.82) is 0 Å². The lowest BCUT2D eigenvalue weighted by molar-refractivity contribution is 0.354. The second kappa shape index (κ2) is 7.45. The Morgan fingerprint density at radius 2 is 1.94 bits per heavy atom. The fraction of sp³-hybridized carbons (Fsp3) is 0.538. The summed E-state index contributed by atoms with van der Waals surface area (Å²) in [7, 11) is 5.30. The Bertz CT molecular complexity index is 344. The molecule has 3 nitrogen and oxygen atoms in total. The van der Waals surface area contributed by atoms with Crippen LogP contribution < -0.4 is 14.8 Å². The zero-order chi connectivity index (χ0) is 12.7. The normalized spacial score (nSPS) is 12.2. The molecule has 0 aliphatic heterocycles. The van der Waals surface area contributed by atoms with Gasteiger partial charge in [0.1, 0.15) is 0 Å². The molecular formula is C13H21NO2S. The fourth-order valence-electron chi connectivity index (χ4n) is 1.65. The van der Waals surface area contributed by atoms with Crippen LogP contribution in [0.15, 0.2) is 18.2 Å². The maximum atomic E-state index is 5.32. The highest BCUT2D eigenvalue weighted by atomic mass is 32.2. The molecule has 96 valence electrons. The van der Waals surface area contributed by atoms with Gasteiger partial charge in [-0.2, -0.15) is 11.8 Å². The minimum absolute atomic E-state index is 0.347. The number of hydrogen-bond donors (Lipinski definition) is 1. The van der Waals surface area contributed by atoms with Crippen molar-refractivity contribution >= 4 is 11.8 Å². The molecule has 1 atom stereocenters. The molecular weight excluding hydrogens is 234 g/mol.